The summed E-state index contributed by atoms with van der Waals surface area (Å²) >= 11 is 0. The third-order valence-corrected chi connectivity index (χ3v) is 5.28. The van der Waals surface area contributed by atoms with E-state index in [0.29, 0.717) is 6.10 Å². The van der Waals surface area contributed by atoms with E-state index in [9.17, 15) is 4.79 Å². The number of anilines is 1. The summed E-state index contributed by atoms with van der Waals surface area (Å²) in [6.07, 6.45) is 3.98. The number of nitrogens with zero attached hydrogens (tertiary/aromatic N) is 1. The van der Waals surface area contributed by atoms with Crippen LogP contribution in [0.5, 0.6) is 11.5 Å². The van der Waals surface area contributed by atoms with Crippen molar-refractivity contribution in [2.24, 2.45) is 0 Å². The van der Waals surface area contributed by atoms with Gasteiger partial charge in [0.25, 0.3) is 0 Å². The zero-order valence-corrected chi connectivity index (χ0v) is 16.6. The molecule has 1 aliphatic heterocycles. The minimum Gasteiger partial charge on any atom is -0.490 e. The molecule has 0 radical (unpaired) electrons. The summed E-state index contributed by atoms with van der Waals surface area (Å²) in [6, 6.07) is 16.4. The molecule has 1 N–H and O–H groups in total. The Hall–Kier alpha value is -2.69. The second kappa shape index (κ2) is 8.13. The summed E-state index contributed by atoms with van der Waals surface area (Å²) in [5, 5.41) is 2.90. The predicted molar refractivity (Wildman–Crippen MR) is 110 cm³/mol. The molecule has 2 aromatic rings. The molecule has 0 bridgehead atoms. The van der Waals surface area contributed by atoms with E-state index in [-0.39, 0.29) is 18.1 Å². The Balaban J connectivity index is 1.30. The van der Waals surface area contributed by atoms with Gasteiger partial charge in [-0.3, -0.25) is 4.79 Å². The highest BCUT2D eigenvalue weighted by Crippen LogP contribution is 2.29. The van der Waals surface area contributed by atoms with Gasteiger partial charge in [0.2, 0.25) is 5.91 Å². The van der Waals surface area contributed by atoms with E-state index >= 15 is 0 Å². The number of hydrogen-bond acceptors (Lipinski definition) is 4. The van der Waals surface area contributed by atoms with Crippen LogP contribution in [-0.2, 0) is 4.79 Å². The fraction of sp³-hybridized carbons (Fsp3) is 0.435. The average molecular weight is 380 g/mol. The van der Waals surface area contributed by atoms with E-state index in [1.165, 1.54) is 25.5 Å². The number of ether oxygens (including phenoxy) is 2. The number of carbonyl (C=O) groups excluding carboxylic acids is 1. The Morgan fingerprint density at radius 3 is 2.18 bits per heavy atom. The molecule has 2 atom stereocenters. The summed E-state index contributed by atoms with van der Waals surface area (Å²) in [5.74, 6) is 1.82. The third-order valence-electron chi connectivity index (χ3n) is 5.28. The van der Waals surface area contributed by atoms with Gasteiger partial charge in [-0.15, -0.1) is 0 Å². The maximum Gasteiger partial charge on any atom is 0.217 e. The quantitative estimate of drug-likeness (QED) is 0.786. The highest BCUT2D eigenvalue weighted by Gasteiger charge is 2.25. The number of hydrogen-bond donors (Lipinski definition) is 1. The lowest BCUT2D eigenvalue weighted by molar-refractivity contribution is -0.119. The van der Waals surface area contributed by atoms with Gasteiger partial charge in [-0.2, -0.15) is 0 Å². The molecule has 1 saturated carbocycles. The van der Waals surface area contributed by atoms with Gasteiger partial charge in [0.05, 0.1) is 18.7 Å². The van der Waals surface area contributed by atoms with Gasteiger partial charge in [0, 0.05) is 25.6 Å². The molecule has 2 aliphatic rings. The molecule has 5 heteroatoms. The van der Waals surface area contributed by atoms with Crippen LogP contribution in [0.3, 0.4) is 0 Å². The van der Waals surface area contributed by atoms with E-state index < -0.39 is 0 Å². The van der Waals surface area contributed by atoms with Crippen LogP contribution in [0.15, 0.2) is 48.5 Å². The van der Waals surface area contributed by atoms with E-state index in [0.717, 1.165) is 36.6 Å². The van der Waals surface area contributed by atoms with Gasteiger partial charge in [0.1, 0.15) is 17.6 Å². The summed E-state index contributed by atoms with van der Waals surface area (Å²) in [5.41, 5.74) is 2.29. The normalized spacial score (nSPS) is 19.9. The van der Waals surface area contributed by atoms with Crippen molar-refractivity contribution < 1.29 is 14.3 Å². The summed E-state index contributed by atoms with van der Waals surface area (Å²) in [4.78, 5) is 13.6. The number of rotatable bonds is 7. The smallest absolute Gasteiger partial charge is 0.217 e. The summed E-state index contributed by atoms with van der Waals surface area (Å²) in [6.45, 7) is 5.39. The fourth-order valence-corrected chi connectivity index (χ4v) is 3.59. The molecule has 4 rings (SSSR count). The molecular weight excluding hydrogens is 352 g/mol. The molecule has 28 heavy (non-hydrogen) atoms. The second-order valence-corrected chi connectivity index (χ2v) is 7.78. The molecule has 2 fully saturated rings. The topological polar surface area (TPSA) is 50.8 Å². The molecule has 148 valence electrons. The van der Waals surface area contributed by atoms with E-state index in [1.807, 2.05) is 31.2 Å². The first kappa shape index (κ1) is 18.7. The minimum absolute atomic E-state index is 0.000359. The van der Waals surface area contributed by atoms with Crippen molar-refractivity contribution in [2.45, 2.75) is 51.4 Å². The van der Waals surface area contributed by atoms with E-state index in [2.05, 4.69) is 34.5 Å². The number of benzene rings is 2. The van der Waals surface area contributed by atoms with Crippen molar-refractivity contribution in [3.05, 3.63) is 54.1 Å². The Kier molecular flexibility index (Phi) is 5.42. The van der Waals surface area contributed by atoms with Crippen LogP contribution in [0, 0.1) is 0 Å². The van der Waals surface area contributed by atoms with Crippen molar-refractivity contribution in [3.8, 4) is 11.5 Å². The highest BCUT2D eigenvalue weighted by atomic mass is 16.5. The molecule has 1 aliphatic carbocycles. The zero-order chi connectivity index (χ0) is 19.5. The van der Waals surface area contributed by atoms with Gasteiger partial charge < -0.3 is 19.7 Å². The Morgan fingerprint density at radius 1 is 0.964 bits per heavy atom. The van der Waals surface area contributed by atoms with Crippen LogP contribution in [0.4, 0.5) is 5.69 Å². The fourth-order valence-electron chi connectivity index (χ4n) is 3.59. The predicted octanol–water partition coefficient (Wildman–Crippen LogP) is 4.08. The van der Waals surface area contributed by atoms with Crippen LogP contribution < -0.4 is 19.7 Å². The lowest BCUT2D eigenvalue weighted by Crippen LogP contribution is -2.24. The summed E-state index contributed by atoms with van der Waals surface area (Å²) < 4.78 is 12.0. The Bertz CT molecular complexity index is 800. The molecule has 1 amide bonds. The average Bonchev–Trinajstić information content (AvgIpc) is 3.37. The van der Waals surface area contributed by atoms with Gasteiger partial charge >= 0.3 is 0 Å². The Labute approximate surface area is 166 Å². The lowest BCUT2D eigenvalue weighted by Gasteiger charge is -2.20. The van der Waals surface area contributed by atoms with Gasteiger partial charge in [0.15, 0.2) is 0 Å². The van der Waals surface area contributed by atoms with Crippen molar-refractivity contribution >= 4 is 11.6 Å². The second-order valence-electron chi connectivity index (χ2n) is 7.78. The number of amides is 1. The van der Waals surface area contributed by atoms with Crippen LogP contribution in [0.1, 0.15) is 44.7 Å². The number of nitrogens with one attached hydrogen (secondary N) is 1. The molecule has 1 saturated heterocycles. The van der Waals surface area contributed by atoms with Crippen molar-refractivity contribution in [3.63, 3.8) is 0 Å². The van der Waals surface area contributed by atoms with Gasteiger partial charge in [-0.1, -0.05) is 12.1 Å². The minimum atomic E-state index is -0.0222. The van der Waals surface area contributed by atoms with Crippen molar-refractivity contribution in [2.75, 3.05) is 18.0 Å². The van der Waals surface area contributed by atoms with Gasteiger partial charge in [-0.25, -0.2) is 0 Å². The zero-order valence-electron chi connectivity index (χ0n) is 16.6. The Morgan fingerprint density at radius 2 is 1.57 bits per heavy atom. The SMILES string of the molecule is CC(=O)N[C@@H](C)c1ccc(O[C@@H]2CCN(c3ccc(OC4CC4)cc3)C2)cc1. The third kappa shape index (κ3) is 4.77. The van der Waals surface area contributed by atoms with Crippen molar-refractivity contribution in [1.29, 1.82) is 0 Å². The first-order chi connectivity index (χ1) is 13.6. The first-order valence-electron chi connectivity index (χ1n) is 10.1. The van der Waals surface area contributed by atoms with Crippen LogP contribution in [0.2, 0.25) is 0 Å². The molecule has 0 spiro atoms. The van der Waals surface area contributed by atoms with Crippen LogP contribution >= 0.6 is 0 Å². The maximum absolute atomic E-state index is 11.2. The first-order valence-corrected chi connectivity index (χ1v) is 10.1. The molecule has 5 nitrogen and oxygen atoms in total. The summed E-state index contributed by atoms with van der Waals surface area (Å²) in [7, 11) is 0. The van der Waals surface area contributed by atoms with E-state index in [1.54, 1.807) is 0 Å². The largest absolute Gasteiger partial charge is 0.490 e. The van der Waals surface area contributed by atoms with Crippen molar-refractivity contribution in [1.82, 2.24) is 5.32 Å². The van der Waals surface area contributed by atoms with E-state index in [4.69, 9.17) is 9.47 Å². The molecule has 1 heterocycles. The molecule has 2 aromatic carbocycles. The highest BCUT2D eigenvalue weighted by molar-refractivity contribution is 5.73. The molecule has 0 aromatic heterocycles. The standard InChI is InChI=1S/C23H28N2O3/c1-16(24-17(2)26)18-3-7-20(8-4-18)28-23-13-14-25(15-23)19-5-9-21(10-6-19)27-22-11-12-22/h3-10,16,22-23H,11-15H2,1-2H3,(H,24,26)/t16-,23+/m0/s1. The molecular formula is C23H28N2O3. The van der Waals surface area contributed by atoms with Crippen LogP contribution in [0.25, 0.3) is 0 Å². The monoisotopic (exact) mass is 380 g/mol. The van der Waals surface area contributed by atoms with Gasteiger partial charge in [-0.05, 0) is 61.7 Å². The molecule has 0 unspecified atom stereocenters. The maximum atomic E-state index is 11.2. The van der Waals surface area contributed by atoms with Crippen LogP contribution in [-0.4, -0.2) is 31.2 Å². The number of carbonyl (C=O) groups is 1. The lowest BCUT2D eigenvalue weighted by atomic mass is 10.1.